The highest BCUT2D eigenvalue weighted by Crippen LogP contribution is 2.25. The molecule has 0 aromatic carbocycles. The van der Waals surface area contributed by atoms with Crippen LogP contribution in [0.2, 0.25) is 0 Å². The number of aromatic nitrogens is 1. The van der Waals surface area contributed by atoms with Crippen molar-refractivity contribution >= 4 is 11.9 Å². The molecule has 1 heterocycles. The predicted octanol–water partition coefficient (Wildman–Crippen LogP) is 1.92. The zero-order valence-corrected chi connectivity index (χ0v) is 11.8. The standard InChI is InChI=1S/C14H20N2O4/c1-3-11-12(8(2)20-16-11)13(17)15-10-6-4-9(5-7-10)14(18)19/h9-10H,3-7H2,1-2H3,(H,15,17)(H,18,19). The minimum atomic E-state index is -0.738. The van der Waals surface area contributed by atoms with E-state index in [-0.39, 0.29) is 17.9 Å². The minimum Gasteiger partial charge on any atom is -0.481 e. The number of carbonyl (C=O) groups is 2. The molecule has 1 saturated carbocycles. The molecule has 0 atom stereocenters. The van der Waals surface area contributed by atoms with Crippen LogP contribution in [0.25, 0.3) is 0 Å². The average Bonchev–Trinajstić information content (AvgIpc) is 2.80. The highest BCUT2D eigenvalue weighted by molar-refractivity contribution is 5.96. The Kier molecular flexibility index (Phi) is 4.42. The van der Waals surface area contributed by atoms with E-state index < -0.39 is 5.97 Å². The van der Waals surface area contributed by atoms with Crippen LogP contribution in [-0.2, 0) is 11.2 Å². The molecule has 0 bridgehead atoms. The van der Waals surface area contributed by atoms with Gasteiger partial charge in [-0.3, -0.25) is 9.59 Å². The van der Waals surface area contributed by atoms with Crippen molar-refractivity contribution in [3.63, 3.8) is 0 Å². The first-order valence-electron chi connectivity index (χ1n) is 7.01. The molecule has 0 spiro atoms. The van der Waals surface area contributed by atoms with E-state index in [0.29, 0.717) is 49.1 Å². The zero-order chi connectivity index (χ0) is 14.7. The average molecular weight is 280 g/mol. The van der Waals surface area contributed by atoms with E-state index in [9.17, 15) is 9.59 Å². The molecule has 1 aromatic rings. The lowest BCUT2D eigenvalue weighted by Gasteiger charge is -2.26. The normalized spacial score (nSPS) is 22.5. The summed E-state index contributed by atoms with van der Waals surface area (Å²) >= 11 is 0. The van der Waals surface area contributed by atoms with Gasteiger partial charge in [0.25, 0.3) is 5.91 Å². The van der Waals surface area contributed by atoms with Crippen molar-refractivity contribution < 1.29 is 19.2 Å². The molecule has 0 unspecified atom stereocenters. The second kappa shape index (κ2) is 6.07. The lowest BCUT2D eigenvalue weighted by molar-refractivity contribution is -0.142. The topological polar surface area (TPSA) is 92.4 Å². The lowest BCUT2D eigenvalue weighted by Crippen LogP contribution is -2.39. The third-order valence-electron chi connectivity index (χ3n) is 3.91. The van der Waals surface area contributed by atoms with Gasteiger partial charge in [0.15, 0.2) is 0 Å². The smallest absolute Gasteiger partial charge is 0.306 e. The molecule has 0 saturated heterocycles. The number of carboxylic acid groups (broad SMARTS) is 1. The molecule has 110 valence electrons. The quantitative estimate of drug-likeness (QED) is 0.879. The molecular weight excluding hydrogens is 260 g/mol. The number of rotatable bonds is 4. The third kappa shape index (κ3) is 3.00. The van der Waals surface area contributed by atoms with E-state index in [1.165, 1.54) is 0 Å². The number of carbonyl (C=O) groups excluding carboxylic acids is 1. The second-order valence-electron chi connectivity index (χ2n) is 5.27. The lowest BCUT2D eigenvalue weighted by atomic mass is 9.86. The summed E-state index contributed by atoms with van der Waals surface area (Å²) < 4.78 is 5.06. The molecule has 6 heteroatoms. The SMILES string of the molecule is CCc1noc(C)c1C(=O)NC1CCC(C(=O)O)CC1. The van der Waals surface area contributed by atoms with Gasteiger partial charge in [0.1, 0.15) is 11.3 Å². The van der Waals surface area contributed by atoms with Crippen molar-refractivity contribution in [2.24, 2.45) is 5.92 Å². The van der Waals surface area contributed by atoms with Gasteiger partial charge in [-0.05, 0) is 39.0 Å². The maximum absolute atomic E-state index is 12.3. The molecule has 2 rings (SSSR count). The summed E-state index contributed by atoms with van der Waals surface area (Å²) in [5.74, 6) is -0.650. The summed E-state index contributed by atoms with van der Waals surface area (Å²) in [6.45, 7) is 3.65. The molecule has 1 fully saturated rings. The molecular formula is C14H20N2O4. The summed E-state index contributed by atoms with van der Waals surface area (Å²) in [6, 6.07) is 0.0390. The monoisotopic (exact) mass is 280 g/mol. The third-order valence-corrected chi connectivity index (χ3v) is 3.91. The van der Waals surface area contributed by atoms with Crippen LogP contribution >= 0.6 is 0 Å². The summed E-state index contributed by atoms with van der Waals surface area (Å²) in [5, 5.41) is 15.8. The van der Waals surface area contributed by atoms with Crippen molar-refractivity contribution in [2.45, 2.75) is 52.0 Å². The Labute approximate surface area is 117 Å². The highest BCUT2D eigenvalue weighted by Gasteiger charge is 2.28. The first-order valence-corrected chi connectivity index (χ1v) is 7.01. The van der Waals surface area contributed by atoms with Crippen molar-refractivity contribution in [3.8, 4) is 0 Å². The summed E-state index contributed by atoms with van der Waals surface area (Å²) in [5.41, 5.74) is 1.19. The van der Waals surface area contributed by atoms with Gasteiger partial charge in [0, 0.05) is 6.04 Å². The maximum Gasteiger partial charge on any atom is 0.306 e. The molecule has 1 amide bonds. The number of nitrogens with zero attached hydrogens (tertiary/aromatic N) is 1. The summed E-state index contributed by atoms with van der Waals surface area (Å²) in [4.78, 5) is 23.2. The molecule has 0 radical (unpaired) electrons. The number of carboxylic acids is 1. The highest BCUT2D eigenvalue weighted by atomic mass is 16.5. The molecule has 1 aliphatic rings. The van der Waals surface area contributed by atoms with Crippen LogP contribution in [0.4, 0.5) is 0 Å². The zero-order valence-electron chi connectivity index (χ0n) is 11.8. The van der Waals surface area contributed by atoms with Gasteiger partial charge < -0.3 is 14.9 Å². The van der Waals surface area contributed by atoms with E-state index >= 15 is 0 Å². The van der Waals surface area contributed by atoms with Crippen LogP contribution in [-0.4, -0.2) is 28.2 Å². The van der Waals surface area contributed by atoms with Crippen molar-refractivity contribution in [1.82, 2.24) is 10.5 Å². The molecule has 2 N–H and O–H groups in total. The molecule has 20 heavy (non-hydrogen) atoms. The predicted molar refractivity (Wildman–Crippen MR) is 71.5 cm³/mol. The van der Waals surface area contributed by atoms with E-state index in [1.54, 1.807) is 6.92 Å². The Morgan fingerprint density at radius 2 is 2.00 bits per heavy atom. The number of amides is 1. The van der Waals surface area contributed by atoms with Crippen LogP contribution in [0.15, 0.2) is 4.52 Å². The van der Waals surface area contributed by atoms with Gasteiger partial charge in [0.2, 0.25) is 0 Å². The van der Waals surface area contributed by atoms with E-state index in [0.717, 1.165) is 0 Å². The maximum atomic E-state index is 12.3. The summed E-state index contributed by atoms with van der Waals surface area (Å²) in [7, 11) is 0. The van der Waals surface area contributed by atoms with E-state index in [4.69, 9.17) is 9.63 Å². The van der Waals surface area contributed by atoms with Crippen LogP contribution < -0.4 is 5.32 Å². The number of hydrogen-bond acceptors (Lipinski definition) is 4. The van der Waals surface area contributed by atoms with Crippen molar-refractivity contribution in [1.29, 1.82) is 0 Å². The fourth-order valence-electron chi connectivity index (χ4n) is 2.69. The molecule has 1 aliphatic carbocycles. The minimum absolute atomic E-state index is 0.0390. The Bertz CT molecular complexity index is 501. The Morgan fingerprint density at radius 1 is 1.35 bits per heavy atom. The van der Waals surface area contributed by atoms with Gasteiger partial charge in [0.05, 0.1) is 11.6 Å². The van der Waals surface area contributed by atoms with Crippen LogP contribution in [0, 0.1) is 12.8 Å². The van der Waals surface area contributed by atoms with E-state index in [2.05, 4.69) is 10.5 Å². The van der Waals surface area contributed by atoms with Gasteiger partial charge in [-0.1, -0.05) is 12.1 Å². The number of hydrogen-bond donors (Lipinski definition) is 2. The number of aryl methyl sites for hydroxylation is 2. The van der Waals surface area contributed by atoms with Crippen LogP contribution in [0.3, 0.4) is 0 Å². The fourth-order valence-corrected chi connectivity index (χ4v) is 2.69. The molecule has 6 nitrogen and oxygen atoms in total. The summed E-state index contributed by atoms with van der Waals surface area (Å²) in [6.07, 6.45) is 3.28. The Morgan fingerprint density at radius 3 is 2.55 bits per heavy atom. The van der Waals surface area contributed by atoms with Gasteiger partial charge in [-0.15, -0.1) is 0 Å². The Hall–Kier alpha value is -1.85. The number of aliphatic carboxylic acids is 1. The fraction of sp³-hybridized carbons (Fsp3) is 0.643. The first-order chi connectivity index (χ1) is 9.52. The Balaban J connectivity index is 1.96. The van der Waals surface area contributed by atoms with Crippen molar-refractivity contribution in [3.05, 3.63) is 17.0 Å². The van der Waals surface area contributed by atoms with Gasteiger partial charge in [-0.2, -0.15) is 0 Å². The van der Waals surface area contributed by atoms with Crippen molar-refractivity contribution in [2.75, 3.05) is 0 Å². The largest absolute Gasteiger partial charge is 0.481 e. The molecule has 0 aliphatic heterocycles. The van der Waals surface area contributed by atoms with Gasteiger partial charge in [-0.25, -0.2) is 0 Å². The molecule has 1 aromatic heterocycles. The van der Waals surface area contributed by atoms with Crippen LogP contribution in [0.5, 0.6) is 0 Å². The van der Waals surface area contributed by atoms with Gasteiger partial charge >= 0.3 is 5.97 Å². The second-order valence-corrected chi connectivity index (χ2v) is 5.27. The first kappa shape index (κ1) is 14.6. The number of nitrogens with one attached hydrogen (secondary N) is 1. The van der Waals surface area contributed by atoms with E-state index in [1.807, 2.05) is 6.92 Å². The van der Waals surface area contributed by atoms with Crippen LogP contribution in [0.1, 0.15) is 54.4 Å².